The van der Waals surface area contributed by atoms with E-state index >= 15 is 0 Å². The van der Waals surface area contributed by atoms with Crippen molar-refractivity contribution in [2.75, 3.05) is 0 Å². The number of hydrogen-bond donors (Lipinski definition) is 0. The van der Waals surface area contributed by atoms with Gasteiger partial charge in [0.05, 0.1) is 0 Å². The highest BCUT2D eigenvalue weighted by atomic mass is 19.2. The molecule has 0 aliphatic rings. The molecule has 0 aromatic carbocycles. The van der Waals surface area contributed by atoms with Crippen LogP contribution in [0.25, 0.3) is 0 Å². The molecule has 0 amide bonds. The third kappa shape index (κ3) is 5.56. The molecule has 3 unspecified atom stereocenters. The summed E-state index contributed by atoms with van der Waals surface area (Å²) in [6.45, 7) is 5.48. The predicted molar refractivity (Wildman–Crippen MR) is 58.0 cm³/mol. The van der Waals surface area contributed by atoms with Gasteiger partial charge in [0.25, 0.3) is 0 Å². The first-order valence-corrected chi connectivity index (χ1v) is 5.91. The SMILES string of the molecule is CCCCCC(CCC)C(F)C(C)F. The van der Waals surface area contributed by atoms with Crippen LogP contribution in [0.1, 0.15) is 59.3 Å². The fraction of sp³-hybridized carbons (Fsp3) is 1.00. The zero-order chi connectivity index (χ0) is 11.0. The molecule has 0 rings (SSSR count). The highest BCUT2D eigenvalue weighted by Gasteiger charge is 2.25. The third-order valence-corrected chi connectivity index (χ3v) is 2.73. The molecule has 0 aliphatic carbocycles. The molecule has 0 aliphatic heterocycles. The monoisotopic (exact) mass is 206 g/mol. The number of unbranched alkanes of at least 4 members (excludes halogenated alkanes) is 2. The molecule has 14 heavy (non-hydrogen) atoms. The van der Waals surface area contributed by atoms with Crippen molar-refractivity contribution in [1.82, 2.24) is 0 Å². The first-order valence-electron chi connectivity index (χ1n) is 5.91. The van der Waals surface area contributed by atoms with Gasteiger partial charge in [0, 0.05) is 0 Å². The third-order valence-electron chi connectivity index (χ3n) is 2.73. The van der Waals surface area contributed by atoms with E-state index in [0.717, 1.165) is 38.5 Å². The van der Waals surface area contributed by atoms with Crippen LogP contribution in [-0.4, -0.2) is 12.3 Å². The minimum Gasteiger partial charge on any atom is -0.245 e. The normalized spacial score (nSPS) is 17.8. The summed E-state index contributed by atoms with van der Waals surface area (Å²) in [4.78, 5) is 0. The van der Waals surface area contributed by atoms with E-state index in [4.69, 9.17) is 0 Å². The number of halogens is 2. The zero-order valence-electron chi connectivity index (χ0n) is 9.73. The van der Waals surface area contributed by atoms with Crippen LogP contribution in [0.3, 0.4) is 0 Å². The lowest BCUT2D eigenvalue weighted by atomic mass is 9.90. The second-order valence-corrected chi connectivity index (χ2v) is 4.17. The molecule has 2 heteroatoms. The van der Waals surface area contributed by atoms with Crippen LogP contribution in [0.2, 0.25) is 0 Å². The van der Waals surface area contributed by atoms with Crippen molar-refractivity contribution in [2.24, 2.45) is 5.92 Å². The summed E-state index contributed by atoms with van der Waals surface area (Å²) in [5.41, 5.74) is 0. The van der Waals surface area contributed by atoms with Gasteiger partial charge in [0.15, 0.2) is 0 Å². The standard InChI is InChI=1S/C12H24F2/c1-4-6-7-9-11(8-5-2)12(14)10(3)13/h10-12H,4-9H2,1-3H3. The summed E-state index contributed by atoms with van der Waals surface area (Å²) >= 11 is 0. The van der Waals surface area contributed by atoms with E-state index in [1.54, 1.807) is 0 Å². The van der Waals surface area contributed by atoms with E-state index < -0.39 is 12.3 Å². The van der Waals surface area contributed by atoms with Crippen LogP contribution in [0.15, 0.2) is 0 Å². The van der Waals surface area contributed by atoms with Crippen molar-refractivity contribution >= 4 is 0 Å². The van der Waals surface area contributed by atoms with E-state index in [2.05, 4.69) is 6.92 Å². The molecule has 0 saturated heterocycles. The molecule has 0 heterocycles. The maximum absolute atomic E-state index is 13.4. The van der Waals surface area contributed by atoms with Gasteiger partial charge < -0.3 is 0 Å². The van der Waals surface area contributed by atoms with Gasteiger partial charge in [-0.05, 0) is 25.7 Å². The van der Waals surface area contributed by atoms with Gasteiger partial charge in [0.1, 0.15) is 12.3 Å². The summed E-state index contributed by atoms with van der Waals surface area (Å²) in [7, 11) is 0. The molecule has 0 radical (unpaired) electrons. The highest BCUT2D eigenvalue weighted by molar-refractivity contribution is 4.73. The number of alkyl halides is 2. The minimum absolute atomic E-state index is 0.0634. The summed E-state index contributed by atoms with van der Waals surface area (Å²) in [6.07, 6.45) is 3.35. The van der Waals surface area contributed by atoms with Crippen molar-refractivity contribution in [1.29, 1.82) is 0 Å². The Labute approximate surface area is 87.1 Å². The van der Waals surface area contributed by atoms with Crippen molar-refractivity contribution < 1.29 is 8.78 Å². The molecule has 0 aromatic heterocycles. The van der Waals surface area contributed by atoms with Gasteiger partial charge >= 0.3 is 0 Å². The van der Waals surface area contributed by atoms with Gasteiger partial charge in [-0.3, -0.25) is 0 Å². The zero-order valence-corrected chi connectivity index (χ0v) is 9.73. The molecule has 0 bridgehead atoms. The Kier molecular flexibility index (Phi) is 8.11. The molecule has 0 saturated carbocycles. The van der Waals surface area contributed by atoms with Crippen molar-refractivity contribution in [2.45, 2.75) is 71.6 Å². The van der Waals surface area contributed by atoms with E-state index in [1.807, 2.05) is 6.92 Å². The Balaban J connectivity index is 3.87. The summed E-state index contributed by atoms with van der Waals surface area (Å²) in [5, 5.41) is 0. The van der Waals surface area contributed by atoms with Gasteiger partial charge in [-0.15, -0.1) is 0 Å². The number of rotatable bonds is 8. The van der Waals surface area contributed by atoms with Crippen LogP contribution in [0.4, 0.5) is 8.78 Å². The van der Waals surface area contributed by atoms with E-state index in [-0.39, 0.29) is 5.92 Å². The van der Waals surface area contributed by atoms with E-state index in [0.29, 0.717) is 0 Å². The highest BCUT2D eigenvalue weighted by Crippen LogP contribution is 2.25. The van der Waals surface area contributed by atoms with Crippen molar-refractivity contribution in [3.05, 3.63) is 0 Å². The van der Waals surface area contributed by atoms with Crippen LogP contribution >= 0.6 is 0 Å². The Morgan fingerprint density at radius 2 is 1.57 bits per heavy atom. The Bertz CT molecular complexity index is 123. The molecule has 0 nitrogen and oxygen atoms in total. The van der Waals surface area contributed by atoms with Crippen LogP contribution < -0.4 is 0 Å². The largest absolute Gasteiger partial charge is 0.245 e. The maximum Gasteiger partial charge on any atom is 0.134 e. The topological polar surface area (TPSA) is 0 Å². The average Bonchev–Trinajstić information content (AvgIpc) is 2.15. The molecule has 0 fully saturated rings. The van der Waals surface area contributed by atoms with Gasteiger partial charge in [-0.25, -0.2) is 8.78 Å². The van der Waals surface area contributed by atoms with Crippen LogP contribution in [0.5, 0.6) is 0 Å². The average molecular weight is 206 g/mol. The van der Waals surface area contributed by atoms with Crippen molar-refractivity contribution in [3.63, 3.8) is 0 Å². The minimum atomic E-state index is -1.31. The van der Waals surface area contributed by atoms with Crippen molar-refractivity contribution in [3.8, 4) is 0 Å². The van der Waals surface area contributed by atoms with Gasteiger partial charge in [-0.2, -0.15) is 0 Å². The fourth-order valence-electron chi connectivity index (χ4n) is 1.87. The van der Waals surface area contributed by atoms with Gasteiger partial charge in [-0.1, -0.05) is 39.5 Å². The smallest absolute Gasteiger partial charge is 0.134 e. The van der Waals surface area contributed by atoms with Crippen LogP contribution in [-0.2, 0) is 0 Å². The maximum atomic E-state index is 13.4. The molecule has 0 N–H and O–H groups in total. The Morgan fingerprint density at radius 1 is 0.929 bits per heavy atom. The second kappa shape index (κ2) is 8.19. The first-order chi connectivity index (χ1) is 6.63. The lowest BCUT2D eigenvalue weighted by Crippen LogP contribution is -2.24. The number of hydrogen-bond acceptors (Lipinski definition) is 0. The Morgan fingerprint density at radius 3 is 2.00 bits per heavy atom. The second-order valence-electron chi connectivity index (χ2n) is 4.17. The lowest BCUT2D eigenvalue weighted by molar-refractivity contribution is 0.109. The van der Waals surface area contributed by atoms with E-state index in [9.17, 15) is 8.78 Å². The molecule has 0 spiro atoms. The molecule has 0 aromatic rings. The Hall–Kier alpha value is -0.140. The summed E-state index contributed by atoms with van der Waals surface area (Å²) in [6, 6.07) is 0. The van der Waals surface area contributed by atoms with Gasteiger partial charge in [0.2, 0.25) is 0 Å². The molecular weight excluding hydrogens is 182 g/mol. The molecule has 86 valence electrons. The molecular formula is C12H24F2. The molecule has 3 atom stereocenters. The van der Waals surface area contributed by atoms with E-state index in [1.165, 1.54) is 6.92 Å². The summed E-state index contributed by atoms with van der Waals surface area (Å²) < 4.78 is 26.2. The first kappa shape index (κ1) is 13.9. The lowest BCUT2D eigenvalue weighted by Gasteiger charge is -2.21. The fourth-order valence-corrected chi connectivity index (χ4v) is 1.87. The summed E-state index contributed by atoms with van der Waals surface area (Å²) in [5.74, 6) is -0.0634. The predicted octanol–water partition coefficient (Wildman–Crippen LogP) is 4.68. The van der Waals surface area contributed by atoms with Crippen LogP contribution in [0, 0.1) is 5.92 Å². The quantitative estimate of drug-likeness (QED) is 0.506.